The fraction of sp³-hybridized carbons (Fsp3) is 0.133. The third-order valence-corrected chi connectivity index (χ3v) is 3.08. The Labute approximate surface area is 105 Å². The molecular formula is C15H12N2O. The maximum absolute atomic E-state index is 12.5. The maximum Gasteiger partial charge on any atom is 0.199 e. The summed E-state index contributed by atoms with van der Waals surface area (Å²) in [7, 11) is 0. The quantitative estimate of drug-likeness (QED) is 0.595. The first kappa shape index (κ1) is 10.8. The van der Waals surface area contributed by atoms with E-state index in [0.29, 0.717) is 22.3 Å². The Balaban J connectivity index is 2.44. The van der Waals surface area contributed by atoms with Crippen LogP contribution in [0.15, 0.2) is 29.3 Å². The van der Waals surface area contributed by atoms with Gasteiger partial charge in [-0.2, -0.15) is 0 Å². The van der Waals surface area contributed by atoms with E-state index in [1.54, 1.807) is 6.07 Å². The maximum atomic E-state index is 12.5. The van der Waals surface area contributed by atoms with Crippen molar-refractivity contribution in [3.05, 3.63) is 57.2 Å². The van der Waals surface area contributed by atoms with Crippen LogP contribution < -0.4 is 10.6 Å². The summed E-state index contributed by atoms with van der Waals surface area (Å²) in [5, 5.41) is 1.50. The van der Waals surface area contributed by atoms with Crippen LogP contribution in [0.4, 0.5) is 5.82 Å². The van der Waals surface area contributed by atoms with Gasteiger partial charge in [-0.15, -0.1) is 0 Å². The number of carbonyl (C=O) groups is 1. The van der Waals surface area contributed by atoms with Gasteiger partial charge in [-0.25, -0.2) is 9.98 Å². The molecule has 18 heavy (non-hydrogen) atoms. The summed E-state index contributed by atoms with van der Waals surface area (Å²) in [6.45, 7) is 7.67. The molecule has 0 fully saturated rings. The van der Waals surface area contributed by atoms with Gasteiger partial charge in [0.1, 0.15) is 0 Å². The lowest BCUT2D eigenvalue weighted by molar-refractivity contribution is 0.103. The zero-order chi connectivity index (χ0) is 12.9. The second kappa shape index (κ2) is 3.60. The molecule has 0 aliphatic carbocycles. The first-order valence-corrected chi connectivity index (χ1v) is 5.77. The van der Waals surface area contributed by atoms with Crippen molar-refractivity contribution in [2.45, 2.75) is 13.8 Å². The van der Waals surface area contributed by atoms with Crippen molar-refractivity contribution < 1.29 is 4.79 Å². The molecule has 1 aliphatic heterocycles. The smallest absolute Gasteiger partial charge is 0.199 e. The summed E-state index contributed by atoms with van der Waals surface area (Å²) in [6.07, 6.45) is 0. The third-order valence-electron chi connectivity index (χ3n) is 3.08. The van der Waals surface area contributed by atoms with Gasteiger partial charge in [0.2, 0.25) is 0 Å². The van der Waals surface area contributed by atoms with E-state index in [-0.39, 0.29) is 5.78 Å². The molecule has 0 spiro atoms. The van der Waals surface area contributed by atoms with Crippen molar-refractivity contribution in [1.82, 2.24) is 4.98 Å². The highest BCUT2D eigenvalue weighted by Gasteiger charge is 2.23. The number of aryl methyl sites for hydroxylation is 2. The third kappa shape index (κ3) is 1.48. The Hall–Kier alpha value is -2.29. The number of benzene rings is 1. The van der Waals surface area contributed by atoms with Gasteiger partial charge < -0.3 is 0 Å². The molecule has 0 saturated carbocycles. The molecule has 2 heterocycles. The molecule has 0 bridgehead atoms. The van der Waals surface area contributed by atoms with E-state index >= 15 is 0 Å². The van der Waals surface area contributed by atoms with Crippen molar-refractivity contribution in [2.24, 2.45) is 4.99 Å². The van der Waals surface area contributed by atoms with Crippen molar-refractivity contribution >= 4 is 18.2 Å². The highest BCUT2D eigenvalue weighted by atomic mass is 16.1. The van der Waals surface area contributed by atoms with Crippen LogP contribution in [0, 0.1) is 13.8 Å². The summed E-state index contributed by atoms with van der Waals surface area (Å²) < 4.78 is 0. The van der Waals surface area contributed by atoms with Crippen LogP contribution in [0.1, 0.15) is 27.2 Å². The number of ketones is 1. The van der Waals surface area contributed by atoms with Gasteiger partial charge in [-0.05, 0) is 42.8 Å². The molecule has 0 unspecified atom stereocenters. The first-order valence-electron chi connectivity index (χ1n) is 5.77. The Morgan fingerprint density at radius 1 is 1.17 bits per heavy atom. The highest BCUT2D eigenvalue weighted by Crippen LogP contribution is 2.25. The van der Waals surface area contributed by atoms with Gasteiger partial charge in [0.15, 0.2) is 11.6 Å². The molecule has 3 nitrogen and oxygen atoms in total. The zero-order valence-electron chi connectivity index (χ0n) is 10.3. The first-order chi connectivity index (χ1) is 8.56. The van der Waals surface area contributed by atoms with E-state index < -0.39 is 0 Å². The van der Waals surface area contributed by atoms with E-state index in [1.165, 1.54) is 0 Å². The van der Waals surface area contributed by atoms with Crippen molar-refractivity contribution in [3.63, 3.8) is 0 Å². The summed E-state index contributed by atoms with van der Waals surface area (Å²) in [4.78, 5) is 21.3. The van der Waals surface area contributed by atoms with Gasteiger partial charge in [0, 0.05) is 11.3 Å². The SMILES string of the molecule is C=c1ccc2c(c1)C(=O)c1c(C)cc(C)nc1N=2. The van der Waals surface area contributed by atoms with E-state index in [9.17, 15) is 4.79 Å². The van der Waals surface area contributed by atoms with Gasteiger partial charge in [-0.1, -0.05) is 12.6 Å². The van der Waals surface area contributed by atoms with Crippen molar-refractivity contribution in [2.75, 3.05) is 0 Å². The topological polar surface area (TPSA) is 42.3 Å². The van der Waals surface area contributed by atoms with Crippen LogP contribution in [-0.4, -0.2) is 10.8 Å². The minimum Gasteiger partial charge on any atom is -0.288 e. The van der Waals surface area contributed by atoms with Crippen LogP contribution in [0.25, 0.3) is 6.58 Å². The Bertz CT molecular complexity index is 791. The molecule has 0 amide bonds. The molecule has 0 saturated heterocycles. The second-order valence-corrected chi connectivity index (χ2v) is 4.57. The summed E-state index contributed by atoms with van der Waals surface area (Å²) >= 11 is 0. The fourth-order valence-electron chi connectivity index (χ4n) is 2.29. The predicted octanol–water partition coefficient (Wildman–Crippen LogP) is 1.60. The van der Waals surface area contributed by atoms with Crippen LogP contribution in [0.3, 0.4) is 0 Å². The van der Waals surface area contributed by atoms with Gasteiger partial charge >= 0.3 is 0 Å². The molecule has 0 N–H and O–H groups in total. The minimum absolute atomic E-state index is 0.00880. The van der Waals surface area contributed by atoms with Crippen LogP contribution >= 0.6 is 0 Å². The standard InChI is InChI=1S/C15H12N2O/c1-8-4-5-12-11(6-8)14(18)13-9(2)7-10(3)16-15(13)17-12/h4-7H,1H2,2-3H3. The summed E-state index contributed by atoms with van der Waals surface area (Å²) in [5.74, 6) is 0.521. The summed E-state index contributed by atoms with van der Waals surface area (Å²) in [5.41, 5.74) is 3.02. The lowest BCUT2D eigenvalue weighted by atomic mass is 9.96. The molecule has 0 atom stereocenters. The molecule has 0 radical (unpaired) electrons. The average Bonchev–Trinajstić information content (AvgIpc) is 2.29. The molecule has 88 valence electrons. The number of aromatic nitrogens is 1. The molecule has 1 aromatic heterocycles. The highest BCUT2D eigenvalue weighted by molar-refractivity contribution is 6.13. The summed E-state index contributed by atoms with van der Waals surface area (Å²) in [6, 6.07) is 7.36. The largest absolute Gasteiger partial charge is 0.288 e. The van der Waals surface area contributed by atoms with Gasteiger partial charge in [0.25, 0.3) is 0 Å². The molecule has 3 heteroatoms. The molecule has 1 aromatic carbocycles. The van der Waals surface area contributed by atoms with Gasteiger partial charge in [0.05, 0.1) is 10.9 Å². The number of nitrogens with zero attached hydrogens (tertiary/aromatic N) is 2. The van der Waals surface area contributed by atoms with E-state index in [2.05, 4.69) is 16.6 Å². The number of pyridine rings is 1. The number of fused-ring (bicyclic) bond motifs is 2. The zero-order valence-corrected chi connectivity index (χ0v) is 10.3. The van der Waals surface area contributed by atoms with E-state index in [0.717, 1.165) is 16.5 Å². The van der Waals surface area contributed by atoms with Crippen LogP contribution in [-0.2, 0) is 0 Å². The molecular weight excluding hydrogens is 224 g/mol. The van der Waals surface area contributed by atoms with Crippen LogP contribution in [0.2, 0.25) is 0 Å². The van der Waals surface area contributed by atoms with E-state index in [4.69, 9.17) is 0 Å². The number of hydrogen-bond acceptors (Lipinski definition) is 3. The lowest BCUT2D eigenvalue weighted by Crippen LogP contribution is -2.24. The normalized spacial score (nSPS) is 12.7. The van der Waals surface area contributed by atoms with Crippen molar-refractivity contribution in [1.29, 1.82) is 0 Å². The lowest BCUT2D eigenvalue weighted by Gasteiger charge is -2.13. The number of hydrogen-bond donors (Lipinski definition) is 0. The minimum atomic E-state index is -0.00880. The van der Waals surface area contributed by atoms with Gasteiger partial charge in [-0.3, -0.25) is 4.79 Å². The Morgan fingerprint density at radius 2 is 1.94 bits per heavy atom. The van der Waals surface area contributed by atoms with Crippen LogP contribution in [0.5, 0.6) is 0 Å². The molecule has 3 rings (SSSR count). The number of rotatable bonds is 0. The molecule has 1 aliphatic rings. The Kier molecular flexibility index (Phi) is 2.17. The second-order valence-electron chi connectivity index (χ2n) is 4.57. The molecule has 2 aromatic rings. The van der Waals surface area contributed by atoms with E-state index in [1.807, 2.05) is 32.0 Å². The average molecular weight is 236 g/mol. The Morgan fingerprint density at radius 3 is 2.72 bits per heavy atom. The number of carbonyl (C=O) groups excluding carboxylic acids is 1. The fourth-order valence-corrected chi connectivity index (χ4v) is 2.29. The monoisotopic (exact) mass is 236 g/mol. The van der Waals surface area contributed by atoms with Crippen molar-refractivity contribution in [3.8, 4) is 0 Å². The predicted molar refractivity (Wildman–Crippen MR) is 69.5 cm³/mol.